The lowest BCUT2D eigenvalue weighted by molar-refractivity contribution is 0.400. The van der Waals surface area contributed by atoms with Crippen molar-refractivity contribution < 1.29 is 4.74 Å². The molecule has 0 radical (unpaired) electrons. The van der Waals surface area contributed by atoms with Gasteiger partial charge in [0.2, 0.25) is 5.88 Å². The molecule has 0 aliphatic heterocycles. The van der Waals surface area contributed by atoms with E-state index >= 15 is 0 Å². The number of H-pyrrole nitrogens is 1. The summed E-state index contributed by atoms with van der Waals surface area (Å²) in [5.41, 5.74) is 3.51. The number of benzene rings is 1. The highest BCUT2D eigenvalue weighted by molar-refractivity contribution is 5.97. The number of methoxy groups -OCH3 is 1. The molecule has 0 unspecified atom stereocenters. The van der Waals surface area contributed by atoms with Gasteiger partial charge in [0.1, 0.15) is 0 Å². The number of nitrogens with zero attached hydrogens (tertiary/aromatic N) is 2. The summed E-state index contributed by atoms with van der Waals surface area (Å²) in [6, 6.07) is 11.5. The molecule has 4 heteroatoms. The van der Waals surface area contributed by atoms with E-state index in [1.165, 1.54) is 0 Å². The average molecular weight is 249 g/mol. The van der Waals surface area contributed by atoms with E-state index in [1.54, 1.807) is 19.4 Å². The molecule has 0 amide bonds. The Labute approximate surface area is 110 Å². The van der Waals surface area contributed by atoms with Crippen molar-refractivity contribution in [2.75, 3.05) is 7.11 Å². The minimum Gasteiger partial charge on any atom is -0.481 e. The Morgan fingerprint density at radius 1 is 1.26 bits per heavy atom. The average Bonchev–Trinajstić information content (AvgIpc) is 2.89. The molecule has 3 aromatic rings. The van der Waals surface area contributed by atoms with E-state index in [-0.39, 0.29) is 0 Å². The summed E-state index contributed by atoms with van der Waals surface area (Å²) in [6.07, 6.45) is 3.60. The zero-order chi connectivity index (χ0) is 13.2. The molecule has 0 atom stereocenters. The fraction of sp³-hybridized carbons (Fsp3) is 0.0667. The van der Waals surface area contributed by atoms with Crippen LogP contribution in [0.25, 0.3) is 22.0 Å². The number of aromatic amines is 1. The molecule has 1 aromatic carbocycles. The third-order valence-electron chi connectivity index (χ3n) is 3.07. The van der Waals surface area contributed by atoms with Crippen LogP contribution in [-0.2, 0) is 0 Å². The molecule has 2 heterocycles. The fourth-order valence-corrected chi connectivity index (χ4v) is 2.17. The largest absolute Gasteiger partial charge is 0.481 e. The predicted octanol–water partition coefficient (Wildman–Crippen LogP) is 3.11. The van der Waals surface area contributed by atoms with Gasteiger partial charge < -0.3 is 9.72 Å². The highest BCUT2D eigenvalue weighted by Gasteiger charge is 2.11. The van der Waals surface area contributed by atoms with Crippen LogP contribution in [0.2, 0.25) is 0 Å². The second-order valence-corrected chi connectivity index (χ2v) is 4.13. The van der Waals surface area contributed by atoms with Crippen LogP contribution in [-0.4, -0.2) is 17.1 Å². The summed E-state index contributed by atoms with van der Waals surface area (Å²) in [5, 5.41) is 9.99. The van der Waals surface area contributed by atoms with E-state index in [9.17, 15) is 0 Å². The maximum atomic E-state index is 9.00. The number of rotatable bonds is 2. The third kappa shape index (κ3) is 1.81. The van der Waals surface area contributed by atoms with E-state index in [0.717, 1.165) is 22.0 Å². The van der Waals surface area contributed by atoms with Gasteiger partial charge in [-0.05, 0) is 30.3 Å². The molecule has 0 saturated heterocycles. The van der Waals surface area contributed by atoms with Crippen LogP contribution in [0, 0.1) is 11.3 Å². The van der Waals surface area contributed by atoms with Gasteiger partial charge in [-0.15, -0.1) is 0 Å². The number of ether oxygens (including phenoxy) is 1. The van der Waals surface area contributed by atoms with Crippen molar-refractivity contribution in [2.24, 2.45) is 0 Å². The van der Waals surface area contributed by atoms with Gasteiger partial charge >= 0.3 is 0 Å². The molecule has 0 fully saturated rings. The lowest BCUT2D eigenvalue weighted by atomic mass is 10.0. The maximum absolute atomic E-state index is 9.00. The van der Waals surface area contributed by atoms with Crippen LogP contribution in [0.1, 0.15) is 5.56 Å². The minimum atomic E-state index is 0.575. The molecule has 0 spiro atoms. The van der Waals surface area contributed by atoms with Crippen molar-refractivity contribution in [1.29, 1.82) is 5.26 Å². The van der Waals surface area contributed by atoms with E-state index < -0.39 is 0 Å². The molecule has 19 heavy (non-hydrogen) atoms. The van der Waals surface area contributed by atoms with Crippen LogP contribution < -0.4 is 4.74 Å². The number of nitrogens with one attached hydrogen (secondary N) is 1. The van der Waals surface area contributed by atoms with Crippen molar-refractivity contribution in [3.05, 3.63) is 48.3 Å². The summed E-state index contributed by atoms with van der Waals surface area (Å²) in [4.78, 5) is 7.40. The van der Waals surface area contributed by atoms with E-state index in [4.69, 9.17) is 10.00 Å². The Balaban J connectivity index is 2.28. The van der Waals surface area contributed by atoms with Gasteiger partial charge in [-0.3, -0.25) is 0 Å². The number of pyridine rings is 1. The normalized spacial score (nSPS) is 10.3. The first-order valence-electron chi connectivity index (χ1n) is 5.84. The number of fused-ring (bicyclic) bond motifs is 1. The van der Waals surface area contributed by atoms with Crippen molar-refractivity contribution >= 4 is 10.9 Å². The van der Waals surface area contributed by atoms with Gasteiger partial charge in [0.05, 0.1) is 18.7 Å². The van der Waals surface area contributed by atoms with E-state index in [1.807, 2.05) is 30.5 Å². The highest BCUT2D eigenvalue weighted by Crippen LogP contribution is 2.33. The molecular weight excluding hydrogens is 238 g/mol. The predicted molar refractivity (Wildman–Crippen MR) is 72.8 cm³/mol. The van der Waals surface area contributed by atoms with Gasteiger partial charge in [0.25, 0.3) is 0 Å². The topological polar surface area (TPSA) is 61.7 Å². The van der Waals surface area contributed by atoms with Crippen LogP contribution in [0.5, 0.6) is 5.88 Å². The lowest BCUT2D eigenvalue weighted by Gasteiger charge is -2.05. The summed E-state index contributed by atoms with van der Waals surface area (Å²) >= 11 is 0. The lowest BCUT2D eigenvalue weighted by Crippen LogP contribution is -1.90. The van der Waals surface area contributed by atoms with Gasteiger partial charge in [0.15, 0.2) is 0 Å². The Kier molecular flexibility index (Phi) is 2.66. The summed E-state index contributed by atoms with van der Waals surface area (Å²) in [5.74, 6) is 0.575. The van der Waals surface area contributed by atoms with Crippen LogP contribution in [0.4, 0.5) is 0 Å². The van der Waals surface area contributed by atoms with Crippen molar-refractivity contribution in [3.8, 4) is 23.1 Å². The molecule has 2 aromatic heterocycles. The monoisotopic (exact) mass is 249 g/mol. The van der Waals surface area contributed by atoms with E-state index in [0.29, 0.717) is 11.4 Å². The Morgan fingerprint density at radius 3 is 2.95 bits per heavy atom. The Morgan fingerprint density at radius 2 is 2.16 bits per heavy atom. The first-order chi connectivity index (χ1) is 9.33. The SMILES string of the molecule is COc1ncccc1-c1c[nH]c2ccc(C#N)cc12. The van der Waals surface area contributed by atoms with Crippen LogP contribution in [0.15, 0.2) is 42.7 Å². The first kappa shape index (κ1) is 11.3. The van der Waals surface area contributed by atoms with Crippen LogP contribution >= 0.6 is 0 Å². The molecule has 1 N–H and O–H groups in total. The second kappa shape index (κ2) is 4.46. The second-order valence-electron chi connectivity index (χ2n) is 4.13. The van der Waals surface area contributed by atoms with Crippen molar-refractivity contribution in [1.82, 2.24) is 9.97 Å². The fourth-order valence-electron chi connectivity index (χ4n) is 2.17. The minimum absolute atomic E-state index is 0.575. The molecule has 0 saturated carbocycles. The summed E-state index contributed by atoms with van der Waals surface area (Å²) in [6.45, 7) is 0. The van der Waals surface area contributed by atoms with Gasteiger partial charge in [-0.2, -0.15) is 5.26 Å². The van der Waals surface area contributed by atoms with Gasteiger partial charge in [-0.25, -0.2) is 4.98 Å². The number of hydrogen-bond donors (Lipinski definition) is 1. The van der Waals surface area contributed by atoms with Gasteiger partial charge in [0, 0.05) is 34.4 Å². The Bertz CT molecular complexity index is 783. The maximum Gasteiger partial charge on any atom is 0.221 e. The molecule has 0 aliphatic rings. The number of aromatic nitrogens is 2. The van der Waals surface area contributed by atoms with Crippen molar-refractivity contribution in [2.45, 2.75) is 0 Å². The molecule has 0 bridgehead atoms. The summed E-state index contributed by atoms with van der Waals surface area (Å²) < 4.78 is 5.28. The zero-order valence-electron chi connectivity index (χ0n) is 10.3. The molecular formula is C15H11N3O. The highest BCUT2D eigenvalue weighted by atomic mass is 16.5. The number of hydrogen-bond acceptors (Lipinski definition) is 3. The Hall–Kier alpha value is -2.80. The van der Waals surface area contributed by atoms with E-state index in [2.05, 4.69) is 16.0 Å². The number of nitriles is 1. The first-order valence-corrected chi connectivity index (χ1v) is 5.84. The summed E-state index contributed by atoms with van der Waals surface area (Å²) in [7, 11) is 1.60. The molecule has 0 aliphatic carbocycles. The third-order valence-corrected chi connectivity index (χ3v) is 3.07. The quantitative estimate of drug-likeness (QED) is 0.759. The van der Waals surface area contributed by atoms with Crippen LogP contribution in [0.3, 0.4) is 0 Å². The molecule has 3 rings (SSSR count). The van der Waals surface area contributed by atoms with Crippen molar-refractivity contribution in [3.63, 3.8) is 0 Å². The molecule has 4 nitrogen and oxygen atoms in total. The zero-order valence-corrected chi connectivity index (χ0v) is 10.3. The molecule has 92 valence electrons. The standard InChI is InChI=1S/C15H11N3O/c1-19-15-11(3-2-6-17-15)13-9-18-14-5-4-10(8-16)7-12(13)14/h2-7,9,18H,1H3. The smallest absolute Gasteiger partial charge is 0.221 e. The van der Waals surface area contributed by atoms with Gasteiger partial charge in [-0.1, -0.05) is 0 Å².